The lowest BCUT2D eigenvalue weighted by Crippen LogP contribution is -2.46. The molecule has 0 saturated heterocycles. The van der Waals surface area contributed by atoms with E-state index in [1.807, 2.05) is 24.0 Å². The summed E-state index contributed by atoms with van der Waals surface area (Å²) in [5, 5.41) is 10.3. The molecule has 3 unspecified atom stereocenters. The highest BCUT2D eigenvalue weighted by atomic mass is 16.3. The molecule has 0 aromatic carbocycles. The van der Waals surface area contributed by atoms with Crippen molar-refractivity contribution >= 4 is 0 Å². The molecule has 1 aliphatic rings. The van der Waals surface area contributed by atoms with Crippen LogP contribution in [0.5, 0.6) is 0 Å². The Kier molecular flexibility index (Phi) is 4.63. The second-order valence-corrected chi connectivity index (χ2v) is 6.32. The van der Waals surface area contributed by atoms with Gasteiger partial charge in [0.1, 0.15) is 5.82 Å². The zero-order valence-electron chi connectivity index (χ0n) is 12.6. The Morgan fingerprint density at radius 1 is 1.47 bits per heavy atom. The van der Waals surface area contributed by atoms with E-state index in [9.17, 15) is 5.11 Å². The highest BCUT2D eigenvalue weighted by molar-refractivity contribution is 4.94. The minimum absolute atomic E-state index is 0.194. The molecule has 1 fully saturated rings. The van der Waals surface area contributed by atoms with Gasteiger partial charge < -0.3 is 9.67 Å². The first-order valence-corrected chi connectivity index (χ1v) is 7.33. The molecule has 2 rings (SSSR count). The fourth-order valence-corrected chi connectivity index (χ4v) is 3.13. The Morgan fingerprint density at radius 3 is 2.79 bits per heavy atom. The van der Waals surface area contributed by atoms with Crippen LogP contribution in [0.15, 0.2) is 12.4 Å². The summed E-state index contributed by atoms with van der Waals surface area (Å²) in [7, 11) is 4.12. The molecule has 0 aliphatic heterocycles. The topological polar surface area (TPSA) is 41.3 Å². The Balaban J connectivity index is 2.00. The van der Waals surface area contributed by atoms with Crippen molar-refractivity contribution in [1.29, 1.82) is 0 Å². The van der Waals surface area contributed by atoms with E-state index in [-0.39, 0.29) is 12.1 Å². The lowest BCUT2D eigenvalue weighted by Gasteiger charge is -2.40. The average Bonchev–Trinajstić information content (AvgIpc) is 2.75. The highest BCUT2D eigenvalue weighted by Gasteiger charge is 2.33. The molecule has 0 radical (unpaired) electrons. The summed E-state index contributed by atoms with van der Waals surface area (Å²) >= 11 is 0. The van der Waals surface area contributed by atoms with Gasteiger partial charge in [-0.3, -0.25) is 4.90 Å². The average molecular weight is 265 g/mol. The van der Waals surface area contributed by atoms with Crippen molar-refractivity contribution in [3.8, 4) is 0 Å². The maximum atomic E-state index is 10.3. The third-order valence-electron chi connectivity index (χ3n) is 4.64. The van der Waals surface area contributed by atoms with Crippen LogP contribution in [0.3, 0.4) is 0 Å². The number of nitrogens with zero attached hydrogens (tertiary/aromatic N) is 3. The predicted molar refractivity (Wildman–Crippen MR) is 76.6 cm³/mol. The minimum Gasteiger partial charge on any atom is -0.391 e. The van der Waals surface area contributed by atoms with Crippen LogP contribution in [0, 0.1) is 11.8 Å². The first-order valence-electron chi connectivity index (χ1n) is 7.33. The number of rotatable bonds is 4. The van der Waals surface area contributed by atoms with E-state index < -0.39 is 0 Å². The van der Waals surface area contributed by atoms with Crippen LogP contribution in [0.4, 0.5) is 0 Å². The molecule has 108 valence electrons. The Labute approximate surface area is 116 Å². The molecule has 19 heavy (non-hydrogen) atoms. The summed E-state index contributed by atoms with van der Waals surface area (Å²) in [5.41, 5.74) is 0. The summed E-state index contributed by atoms with van der Waals surface area (Å²) in [6, 6.07) is 0.262. The number of imidazole rings is 1. The van der Waals surface area contributed by atoms with E-state index in [1.165, 1.54) is 0 Å². The molecule has 1 heterocycles. The fraction of sp³-hybridized carbons (Fsp3) is 0.800. The van der Waals surface area contributed by atoms with Crippen LogP contribution < -0.4 is 0 Å². The second kappa shape index (κ2) is 6.06. The van der Waals surface area contributed by atoms with Gasteiger partial charge in [0.05, 0.1) is 12.6 Å². The number of aryl methyl sites for hydroxylation is 1. The van der Waals surface area contributed by atoms with Crippen molar-refractivity contribution < 1.29 is 5.11 Å². The van der Waals surface area contributed by atoms with Gasteiger partial charge in [-0.2, -0.15) is 0 Å². The molecule has 1 saturated carbocycles. The predicted octanol–water partition coefficient (Wildman–Crippen LogP) is 2.04. The molecular weight excluding hydrogens is 238 g/mol. The van der Waals surface area contributed by atoms with E-state index in [0.29, 0.717) is 5.92 Å². The van der Waals surface area contributed by atoms with Gasteiger partial charge >= 0.3 is 0 Å². The van der Waals surface area contributed by atoms with Crippen molar-refractivity contribution in [1.82, 2.24) is 14.5 Å². The number of likely N-dealkylation sites (N-methyl/N-ethyl adjacent to an activating group) is 1. The maximum Gasteiger partial charge on any atom is 0.122 e. The SMILES string of the molecule is CC(C)C1CCC(O)C(N(C)Cc2nccn2C)C1. The van der Waals surface area contributed by atoms with Gasteiger partial charge in [0.2, 0.25) is 0 Å². The van der Waals surface area contributed by atoms with Gasteiger partial charge in [-0.1, -0.05) is 13.8 Å². The van der Waals surface area contributed by atoms with E-state index in [0.717, 1.165) is 37.5 Å². The summed E-state index contributed by atoms with van der Waals surface area (Å²) in [5.74, 6) is 2.50. The van der Waals surface area contributed by atoms with Crippen LogP contribution >= 0.6 is 0 Å². The number of hydrogen-bond acceptors (Lipinski definition) is 3. The largest absolute Gasteiger partial charge is 0.391 e. The standard InChI is InChI=1S/C15H27N3O/c1-11(2)12-5-6-14(19)13(9-12)18(4)10-15-16-7-8-17(15)3/h7-8,11-14,19H,5-6,9-10H2,1-4H3. The van der Waals surface area contributed by atoms with Crippen molar-refractivity contribution in [3.63, 3.8) is 0 Å². The molecule has 1 N–H and O–H groups in total. The van der Waals surface area contributed by atoms with E-state index in [4.69, 9.17) is 0 Å². The van der Waals surface area contributed by atoms with Gasteiger partial charge in [-0.15, -0.1) is 0 Å². The number of aliphatic hydroxyl groups is 1. The smallest absolute Gasteiger partial charge is 0.122 e. The zero-order valence-corrected chi connectivity index (χ0v) is 12.6. The molecule has 4 nitrogen and oxygen atoms in total. The fourth-order valence-electron chi connectivity index (χ4n) is 3.13. The molecule has 0 spiro atoms. The lowest BCUT2D eigenvalue weighted by atomic mass is 9.77. The van der Waals surface area contributed by atoms with Crippen molar-refractivity contribution in [2.75, 3.05) is 7.05 Å². The first kappa shape index (κ1) is 14.5. The molecule has 0 amide bonds. The summed E-state index contributed by atoms with van der Waals surface area (Å²) in [4.78, 5) is 6.63. The molecular formula is C15H27N3O. The van der Waals surface area contributed by atoms with Crippen molar-refractivity contribution in [2.24, 2.45) is 18.9 Å². The van der Waals surface area contributed by atoms with Gasteiger partial charge in [0.15, 0.2) is 0 Å². The molecule has 1 aromatic rings. The van der Waals surface area contributed by atoms with Gasteiger partial charge in [0, 0.05) is 25.5 Å². The quantitative estimate of drug-likeness (QED) is 0.906. The zero-order chi connectivity index (χ0) is 14.0. The second-order valence-electron chi connectivity index (χ2n) is 6.32. The summed E-state index contributed by atoms with van der Waals surface area (Å²) in [6.07, 6.45) is 6.79. The number of aromatic nitrogens is 2. The number of hydrogen-bond donors (Lipinski definition) is 1. The van der Waals surface area contributed by atoms with Crippen LogP contribution in [-0.4, -0.2) is 38.8 Å². The van der Waals surface area contributed by atoms with E-state index >= 15 is 0 Å². The Bertz CT molecular complexity index is 402. The third kappa shape index (κ3) is 3.37. The van der Waals surface area contributed by atoms with E-state index in [1.54, 1.807) is 0 Å². The summed E-state index contributed by atoms with van der Waals surface area (Å²) in [6.45, 7) is 5.38. The Morgan fingerprint density at radius 2 is 2.21 bits per heavy atom. The van der Waals surface area contributed by atoms with Gasteiger partial charge in [-0.25, -0.2) is 4.98 Å². The van der Waals surface area contributed by atoms with Crippen LogP contribution in [0.2, 0.25) is 0 Å². The normalized spacial score (nSPS) is 28.3. The van der Waals surface area contributed by atoms with E-state index in [2.05, 4.69) is 30.8 Å². The molecule has 1 aromatic heterocycles. The lowest BCUT2D eigenvalue weighted by molar-refractivity contribution is 0.00204. The van der Waals surface area contributed by atoms with Gasteiger partial charge in [-0.05, 0) is 38.1 Å². The van der Waals surface area contributed by atoms with Crippen molar-refractivity contribution in [2.45, 2.75) is 51.8 Å². The summed E-state index contributed by atoms with van der Waals surface area (Å²) < 4.78 is 2.05. The number of aliphatic hydroxyl groups excluding tert-OH is 1. The first-order chi connectivity index (χ1) is 8.99. The maximum absolute atomic E-state index is 10.3. The van der Waals surface area contributed by atoms with Crippen molar-refractivity contribution in [3.05, 3.63) is 18.2 Å². The van der Waals surface area contributed by atoms with Crippen LogP contribution in [0.25, 0.3) is 0 Å². The third-order valence-corrected chi connectivity index (χ3v) is 4.64. The van der Waals surface area contributed by atoms with Gasteiger partial charge in [0.25, 0.3) is 0 Å². The monoisotopic (exact) mass is 265 g/mol. The van der Waals surface area contributed by atoms with Crippen LogP contribution in [-0.2, 0) is 13.6 Å². The molecule has 4 heteroatoms. The minimum atomic E-state index is -0.194. The highest BCUT2D eigenvalue weighted by Crippen LogP contribution is 2.32. The molecule has 1 aliphatic carbocycles. The molecule has 3 atom stereocenters. The Hall–Kier alpha value is -0.870. The van der Waals surface area contributed by atoms with Crippen LogP contribution in [0.1, 0.15) is 38.9 Å². The molecule has 0 bridgehead atoms.